The minimum absolute atomic E-state index is 0.0198. The number of aromatic amines is 1. The van der Waals surface area contributed by atoms with Crippen molar-refractivity contribution in [3.05, 3.63) is 44.8 Å². The zero-order valence-corrected chi connectivity index (χ0v) is 14.4. The van der Waals surface area contributed by atoms with Gasteiger partial charge in [0.05, 0.1) is 5.25 Å². The standard InChI is InChI=1S/C14H19BrN4OS/c1-3-8-19-13(20)17-18-14(19)21-12(9(2)16)10-6-4-5-7-11(10)15/h4-7,9,12H,3,8,16H2,1-2H3,(H,17,20). The van der Waals surface area contributed by atoms with E-state index < -0.39 is 0 Å². The largest absolute Gasteiger partial charge is 0.343 e. The van der Waals surface area contributed by atoms with Crippen molar-refractivity contribution < 1.29 is 0 Å². The minimum Gasteiger partial charge on any atom is -0.327 e. The number of nitrogens with zero attached hydrogens (tertiary/aromatic N) is 2. The summed E-state index contributed by atoms with van der Waals surface area (Å²) in [6.45, 7) is 4.65. The smallest absolute Gasteiger partial charge is 0.327 e. The molecule has 0 fully saturated rings. The molecule has 114 valence electrons. The third-order valence-electron chi connectivity index (χ3n) is 3.09. The Balaban J connectivity index is 2.34. The molecular formula is C14H19BrN4OS. The van der Waals surface area contributed by atoms with Gasteiger partial charge >= 0.3 is 5.69 Å². The van der Waals surface area contributed by atoms with E-state index in [1.54, 1.807) is 4.57 Å². The van der Waals surface area contributed by atoms with E-state index in [4.69, 9.17) is 5.73 Å². The quantitative estimate of drug-likeness (QED) is 0.766. The summed E-state index contributed by atoms with van der Waals surface area (Å²) in [5.74, 6) is 0. The summed E-state index contributed by atoms with van der Waals surface area (Å²) in [4.78, 5) is 11.8. The number of thioether (sulfide) groups is 1. The molecule has 0 radical (unpaired) electrons. The number of benzene rings is 1. The van der Waals surface area contributed by atoms with Crippen LogP contribution in [0.4, 0.5) is 0 Å². The first kappa shape index (κ1) is 16.3. The fourth-order valence-electron chi connectivity index (χ4n) is 2.09. The number of rotatable bonds is 6. The Hall–Kier alpha value is -1.05. The van der Waals surface area contributed by atoms with Crippen LogP contribution in [0.25, 0.3) is 0 Å². The number of hydrogen-bond acceptors (Lipinski definition) is 4. The third-order valence-corrected chi connectivity index (χ3v) is 5.27. The van der Waals surface area contributed by atoms with Crippen LogP contribution in [0, 0.1) is 0 Å². The highest BCUT2D eigenvalue weighted by atomic mass is 79.9. The highest BCUT2D eigenvalue weighted by Gasteiger charge is 2.23. The van der Waals surface area contributed by atoms with Crippen LogP contribution in [0.2, 0.25) is 0 Å². The Kier molecular flexibility index (Phi) is 5.66. The fourth-order valence-corrected chi connectivity index (χ4v) is 3.94. The van der Waals surface area contributed by atoms with Gasteiger partial charge in [0.1, 0.15) is 0 Å². The van der Waals surface area contributed by atoms with Gasteiger partial charge in [0, 0.05) is 17.1 Å². The molecule has 3 N–H and O–H groups in total. The van der Waals surface area contributed by atoms with Crippen molar-refractivity contribution in [2.24, 2.45) is 5.73 Å². The Bertz CT molecular complexity index is 652. The van der Waals surface area contributed by atoms with E-state index in [9.17, 15) is 4.79 Å². The lowest BCUT2D eigenvalue weighted by atomic mass is 10.1. The SMILES string of the molecule is CCCn1c(SC(c2ccccc2Br)C(C)N)n[nH]c1=O. The van der Waals surface area contributed by atoms with E-state index >= 15 is 0 Å². The first-order valence-electron chi connectivity index (χ1n) is 6.86. The van der Waals surface area contributed by atoms with Crippen LogP contribution in [-0.4, -0.2) is 20.8 Å². The van der Waals surface area contributed by atoms with Gasteiger partial charge in [0.2, 0.25) is 0 Å². The van der Waals surface area contributed by atoms with Crippen molar-refractivity contribution in [1.29, 1.82) is 0 Å². The Morgan fingerprint density at radius 3 is 2.81 bits per heavy atom. The number of hydrogen-bond donors (Lipinski definition) is 2. The van der Waals surface area contributed by atoms with Crippen LogP contribution < -0.4 is 11.4 Å². The fraction of sp³-hybridized carbons (Fsp3) is 0.429. The van der Waals surface area contributed by atoms with Gasteiger partial charge in [0.25, 0.3) is 0 Å². The zero-order chi connectivity index (χ0) is 15.4. The Morgan fingerprint density at radius 2 is 2.19 bits per heavy atom. The molecule has 2 rings (SSSR count). The van der Waals surface area contributed by atoms with Crippen molar-refractivity contribution in [3.63, 3.8) is 0 Å². The number of nitrogens with one attached hydrogen (secondary N) is 1. The van der Waals surface area contributed by atoms with Gasteiger partial charge in [-0.25, -0.2) is 9.89 Å². The number of nitrogens with two attached hydrogens (primary N) is 1. The highest BCUT2D eigenvalue weighted by Crippen LogP contribution is 2.38. The van der Waals surface area contributed by atoms with E-state index in [2.05, 4.69) is 26.1 Å². The molecule has 0 aliphatic heterocycles. The maximum Gasteiger partial charge on any atom is 0.343 e. The van der Waals surface area contributed by atoms with Crippen LogP contribution in [0.1, 0.15) is 31.1 Å². The lowest BCUT2D eigenvalue weighted by Gasteiger charge is -2.21. The lowest BCUT2D eigenvalue weighted by molar-refractivity contribution is 0.600. The molecule has 0 bridgehead atoms. The number of aromatic nitrogens is 3. The average Bonchev–Trinajstić information content (AvgIpc) is 2.79. The Labute approximate surface area is 136 Å². The second-order valence-electron chi connectivity index (χ2n) is 4.88. The van der Waals surface area contributed by atoms with Crippen molar-refractivity contribution in [2.75, 3.05) is 0 Å². The topological polar surface area (TPSA) is 76.7 Å². The molecule has 5 nitrogen and oxygen atoms in total. The van der Waals surface area contributed by atoms with Crippen molar-refractivity contribution in [2.45, 2.75) is 43.3 Å². The second-order valence-corrected chi connectivity index (χ2v) is 6.85. The van der Waals surface area contributed by atoms with Crippen molar-refractivity contribution >= 4 is 27.7 Å². The minimum atomic E-state index is -0.171. The average molecular weight is 371 g/mol. The summed E-state index contributed by atoms with van der Waals surface area (Å²) in [7, 11) is 0. The van der Waals surface area contributed by atoms with E-state index in [0.29, 0.717) is 11.7 Å². The maximum atomic E-state index is 11.8. The Morgan fingerprint density at radius 1 is 1.48 bits per heavy atom. The summed E-state index contributed by atoms with van der Waals surface area (Å²) < 4.78 is 2.68. The molecule has 21 heavy (non-hydrogen) atoms. The lowest BCUT2D eigenvalue weighted by Crippen LogP contribution is -2.24. The summed E-state index contributed by atoms with van der Waals surface area (Å²) in [6.07, 6.45) is 0.880. The van der Waals surface area contributed by atoms with E-state index in [-0.39, 0.29) is 17.0 Å². The summed E-state index contributed by atoms with van der Waals surface area (Å²) in [5, 5.41) is 7.35. The molecule has 0 amide bonds. The molecule has 7 heteroatoms. The van der Waals surface area contributed by atoms with Gasteiger partial charge in [-0.15, -0.1) is 5.10 Å². The van der Waals surface area contributed by atoms with Crippen molar-refractivity contribution in [3.8, 4) is 0 Å². The summed E-state index contributed by atoms with van der Waals surface area (Å²) in [5.41, 5.74) is 7.09. The highest BCUT2D eigenvalue weighted by molar-refractivity contribution is 9.10. The first-order chi connectivity index (χ1) is 10.0. The van der Waals surface area contributed by atoms with Crippen molar-refractivity contribution in [1.82, 2.24) is 14.8 Å². The van der Waals surface area contributed by atoms with Gasteiger partial charge in [-0.1, -0.05) is 52.8 Å². The summed E-state index contributed by atoms with van der Waals surface area (Å²) in [6, 6.07) is 7.92. The van der Waals surface area contributed by atoms with Gasteiger partial charge in [0.15, 0.2) is 5.16 Å². The van der Waals surface area contributed by atoms with Gasteiger partial charge < -0.3 is 5.73 Å². The van der Waals surface area contributed by atoms with E-state index in [1.807, 2.05) is 38.1 Å². The van der Waals surface area contributed by atoms with Gasteiger partial charge in [-0.2, -0.15) is 0 Å². The van der Waals surface area contributed by atoms with Crippen LogP contribution in [-0.2, 0) is 6.54 Å². The summed E-state index contributed by atoms with van der Waals surface area (Å²) >= 11 is 5.08. The molecule has 0 saturated carbocycles. The van der Waals surface area contributed by atoms with E-state index in [0.717, 1.165) is 16.5 Å². The number of H-pyrrole nitrogens is 1. The molecule has 0 spiro atoms. The monoisotopic (exact) mass is 370 g/mol. The predicted molar refractivity (Wildman–Crippen MR) is 89.5 cm³/mol. The molecule has 1 aromatic heterocycles. The van der Waals surface area contributed by atoms with E-state index in [1.165, 1.54) is 11.8 Å². The molecule has 1 aromatic carbocycles. The second kappa shape index (κ2) is 7.29. The normalized spacial score (nSPS) is 14.1. The third kappa shape index (κ3) is 3.78. The van der Waals surface area contributed by atoms with Gasteiger partial charge in [-0.3, -0.25) is 4.57 Å². The maximum absolute atomic E-state index is 11.8. The van der Waals surface area contributed by atoms with Gasteiger partial charge in [-0.05, 0) is 25.0 Å². The zero-order valence-electron chi connectivity index (χ0n) is 12.0. The van der Waals surface area contributed by atoms with Crippen LogP contribution >= 0.6 is 27.7 Å². The molecule has 2 unspecified atom stereocenters. The molecule has 2 atom stereocenters. The molecule has 1 heterocycles. The predicted octanol–water partition coefficient (Wildman–Crippen LogP) is 2.92. The number of halogens is 1. The molecule has 0 aliphatic rings. The van der Waals surface area contributed by atoms with Crippen LogP contribution in [0.15, 0.2) is 38.7 Å². The van der Waals surface area contributed by atoms with Crippen LogP contribution in [0.5, 0.6) is 0 Å². The molecule has 2 aromatic rings. The molecule has 0 saturated heterocycles. The first-order valence-corrected chi connectivity index (χ1v) is 8.53. The molecular weight excluding hydrogens is 352 g/mol. The van der Waals surface area contributed by atoms with Crippen LogP contribution in [0.3, 0.4) is 0 Å². The molecule has 0 aliphatic carbocycles.